The maximum atomic E-state index is 13.8. The van der Waals surface area contributed by atoms with Crippen molar-refractivity contribution in [2.45, 2.75) is 6.54 Å². The molecule has 3 aromatic rings. The second-order valence-electron chi connectivity index (χ2n) is 4.46. The van der Waals surface area contributed by atoms with E-state index in [1.807, 2.05) is 35.0 Å². The minimum atomic E-state index is -0.209. The molecule has 0 atom stereocenters. The van der Waals surface area contributed by atoms with E-state index in [9.17, 15) is 4.39 Å². The van der Waals surface area contributed by atoms with E-state index in [2.05, 4.69) is 15.9 Å². The van der Waals surface area contributed by atoms with Gasteiger partial charge < -0.3 is 10.3 Å². The number of hydrogen-bond acceptors (Lipinski definition) is 1. The summed E-state index contributed by atoms with van der Waals surface area (Å²) >= 11 is 3.36. The predicted octanol–water partition coefficient (Wildman–Crippen LogP) is 4.17. The van der Waals surface area contributed by atoms with Gasteiger partial charge in [-0.3, -0.25) is 0 Å². The summed E-state index contributed by atoms with van der Waals surface area (Å²) in [5.41, 5.74) is 8.29. The standard InChI is InChI=1S/C15H12BrFN2/c16-12-4-5-13(17)11(8-12)9-19-7-6-10-2-1-3-14(18)15(10)19/h1-8H,9,18H2. The van der Waals surface area contributed by atoms with Crippen LogP contribution in [0.2, 0.25) is 0 Å². The highest BCUT2D eigenvalue weighted by Crippen LogP contribution is 2.24. The topological polar surface area (TPSA) is 30.9 Å². The molecule has 0 fully saturated rings. The largest absolute Gasteiger partial charge is 0.397 e. The summed E-state index contributed by atoms with van der Waals surface area (Å²) in [4.78, 5) is 0. The first-order valence-electron chi connectivity index (χ1n) is 5.92. The fourth-order valence-corrected chi connectivity index (χ4v) is 2.68. The molecule has 2 nitrogen and oxygen atoms in total. The zero-order valence-corrected chi connectivity index (χ0v) is 11.7. The first-order chi connectivity index (χ1) is 9.15. The molecule has 0 radical (unpaired) electrons. The average molecular weight is 319 g/mol. The third-order valence-electron chi connectivity index (χ3n) is 3.17. The number of para-hydroxylation sites is 1. The van der Waals surface area contributed by atoms with Crippen LogP contribution in [0, 0.1) is 5.82 Å². The van der Waals surface area contributed by atoms with Gasteiger partial charge in [0, 0.05) is 21.6 Å². The number of nitrogens with zero attached hydrogens (tertiary/aromatic N) is 1. The SMILES string of the molecule is Nc1cccc2ccn(Cc3cc(Br)ccc3F)c12. The van der Waals surface area contributed by atoms with Gasteiger partial charge in [-0.15, -0.1) is 0 Å². The van der Waals surface area contributed by atoms with Gasteiger partial charge in [0.25, 0.3) is 0 Å². The minimum Gasteiger partial charge on any atom is -0.397 e. The maximum Gasteiger partial charge on any atom is 0.128 e. The lowest BCUT2D eigenvalue weighted by molar-refractivity contribution is 0.601. The summed E-state index contributed by atoms with van der Waals surface area (Å²) in [6.07, 6.45) is 1.93. The van der Waals surface area contributed by atoms with E-state index < -0.39 is 0 Å². The molecular formula is C15H12BrFN2. The van der Waals surface area contributed by atoms with Gasteiger partial charge in [0.1, 0.15) is 5.82 Å². The molecule has 0 saturated heterocycles. The number of halogens is 2. The molecule has 1 aromatic heterocycles. The van der Waals surface area contributed by atoms with E-state index in [0.717, 1.165) is 15.4 Å². The van der Waals surface area contributed by atoms with Gasteiger partial charge in [-0.1, -0.05) is 28.1 Å². The Labute approximate surface area is 118 Å². The molecule has 2 N–H and O–H groups in total. The van der Waals surface area contributed by atoms with Crippen molar-refractivity contribution in [2.24, 2.45) is 0 Å². The van der Waals surface area contributed by atoms with Crippen LogP contribution in [0.4, 0.5) is 10.1 Å². The maximum absolute atomic E-state index is 13.8. The highest BCUT2D eigenvalue weighted by molar-refractivity contribution is 9.10. The van der Waals surface area contributed by atoms with E-state index in [1.165, 1.54) is 6.07 Å². The number of anilines is 1. The summed E-state index contributed by atoms with van der Waals surface area (Å²) in [6.45, 7) is 0.461. The van der Waals surface area contributed by atoms with Gasteiger partial charge in [0.15, 0.2) is 0 Å². The quantitative estimate of drug-likeness (QED) is 0.706. The Kier molecular flexibility index (Phi) is 3.03. The Morgan fingerprint density at radius 2 is 2.00 bits per heavy atom. The number of aromatic nitrogens is 1. The van der Waals surface area contributed by atoms with Crippen LogP contribution in [0.25, 0.3) is 10.9 Å². The average Bonchev–Trinajstić information content (AvgIpc) is 2.79. The van der Waals surface area contributed by atoms with Crippen molar-refractivity contribution in [2.75, 3.05) is 5.73 Å². The number of rotatable bonds is 2. The van der Waals surface area contributed by atoms with Crippen LogP contribution in [-0.2, 0) is 6.54 Å². The first-order valence-corrected chi connectivity index (χ1v) is 6.72. The van der Waals surface area contributed by atoms with E-state index in [0.29, 0.717) is 17.8 Å². The van der Waals surface area contributed by atoms with Gasteiger partial charge >= 0.3 is 0 Å². The fourth-order valence-electron chi connectivity index (χ4n) is 2.27. The molecular weight excluding hydrogens is 307 g/mol. The van der Waals surface area contributed by atoms with Crippen molar-refractivity contribution in [3.8, 4) is 0 Å². The Morgan fingerprint density at radius 3 is 2.84 bits per heavy atom. The highest BCUT2D eigenvalue weighted by Gasteiger charge is 2.08. The molecule has 0 aliphatic carbocycles. The van der Waals surface area contributed by atoms with Crippen LogP contribution in [0.15, 0.2) is 53.1 Å². The van der Waals surface area contributed by atoms with Crippen molar-refractivity contribution in [3.63, 3.8) is 0 Å². The molecule has 0 aliphatic heterocycles. The second kappa shape index (κ2) is 4.70. The van der Waals surface area contributed by atoms with Crippen LogP contribution in [0.1, 0.15) is 5.56 Å². The van der Waals surface area contributed by atoms with Crippen LogP contribution >= 0.6 is 15.9 Å². The van der Waals surface area contributed by atoms with Crippen LogP contribution in [-0.4, -0.2) is 4.57 Å². The lowest BCUT2D eigenvalue weighted by Crippen LogP contribution is -2.02. The second-order valence-corrected chi connectivity index (χ2v) is 5.38. The Bertz CT molecular complexity index is 749. The molecule has 0 saturated carbocycles. The van der Waals surface area contributed by atoms with Gasteiger partial charge in [-0.05, 0) is 30.3 Å². The lowest BCUT2D eigenvalue weighted by atomic mass is 10.2. The smallest absolute Gasteiger partial charge is 0.128 e. The molecule has 0 spiro atoms. The zero-order chi connectivity index (χ0) is 13.4. The third kappa shape index (κ3) is 2.24. The molecule has 0 unspecified atom stereocenters. The van der Waals surface area contributed by atoms with Gasteiger partial charge in [0.2, 0.25) is 0 Å². The van der Waals surface area contributed by atoms with Crippen LogP contribution in [0.5, 0.6) is 0 Å². The summed E-state index contributed by atoms with van der Waals surface area (Å²) in [6, 6.07) is 12.7. The Morgan fingerprint density at radius 1 is 1.16 bits per heavy atom. The number of hydrogen-bond donors (Lipinski definition) is 1. The van der Waals surface area contributed by atoms with Crippen molar-refractivity contribution < 1.29 is 4.39 Å². The third-order valence-corrected chi connectivity index (χ3v) is 3.66. The molecule has 2 aromatic carbocycles. The summed E-state index contributed by atoms with van der Waals surface area (Å²) in [5, 5.41) is 1.07. The number of nitrogens with two attached hydrogens (primary N) is 1. The van der Waals surface area contributed by atoms with E-state index >= 15 is 0 Å². The van der Waals surface area contributed by atoms with Crippen LogP contribution < -0.4 is 5.73 Å². The summed E-state index contributed by atoms with van der Waals surface area (Å²) < 4.78 is 16.6. The molecule has 0 bridgehead atoms. The number of nitrogen functional groups attached to an aromatic ring is 1. The normalized spacial score (nSPS) is 11.1. The van der Waals surface area contributed by atoms with Gasteiger partial charge in [-0.25, -0.2) is 4.39 Å². The van der Waals surface area contributed by atoms with Crippen molar-refractivity contribution >= 4 is 32.5 Å². The van der Waals surface area contributed by atoms with Gasteiger partial charge in [0.05, 0.1) is 17.7 Å². The molecule has 96 valence electrons. The highest BCUT2D eigenvalue weighted by atomic mass is 79.9. The predicted molar refractivity (Wildman–Crippen MR) is 79.6 cm³/mol. The van der Waals surface area contributed by atoms with Crippen molar-refractivity contribution in [3.05, 3.63) is 64.5 Å². The van der Waals surface area contributed by atoms with Gasteiger partial charge in [-0.2, -0.15) is 0 Å². The number of fused-ring (bicyclic) bond motifs is 1. The lowest BCUT2D eigenvalue weighted by Gasteiger charge is -2.09. The van der Waals surface area contributed by atoms with Crippen LogP contribution in [0.3, 0.4) is 0 Å². The summed E-state index contributed by atoms with van der Waals surface area (Å²) in [7, 11) is 0. The van der Waals surface area contributed by atoms with Crippen molar-refractivity contribution in [1.82, 2.24) is 4.57 Å². The molecule has 1 heterocycles. The summed E-state index contributed by atoms with van der Waals surface area (Å²) in [5.74, 6) is -0.209. The molecule has 0 amide bonds. The monoisotopic (exact) mass is 318 g/mol. The fraction of sp³-hybridized carbons (Fsp3) is 0.0667. The first kappa shape index (κ1) is 12.2. The molecule has 4 heteroatoms. The number of benzene rings is 2. The molecule has 0 aliphatic rings. The molecule has 19 heavy (non-hydrogen) atoms. The van der Waals surface area contributed by atoms with E-state index in [-0.39, 0.29) is 5.82 Å². The van der Waals surface area contributed by atoms with Crippen molar-refractivity contribution in [1.29, 1.82) is 0 Å². The Hall–Kier alpha value is -1.81. The minimum absolute atomic E-state index is 0.209. The van der Waals surface area contributed by atoms with E-state index in [4.69, 9.17) is 5.73 Å². The zero-order valence-electron chi connectivity index (χ0n) is 10.1. The Balaban J connectivity index is 2.08. The molecule has 3 rings (SSSR count). The van der Waals surface area contributed by atoms with E-state index in [1.54, 1.807) is 12.1 Å².